The Labute approximate surface area is 465 Å². The van der Waals surface area contributed by atoms with E-state index in [1.165, 1.54) is 51.4 Å². The van der Waals surface area contributed by atoms with Crippen LogP contribution in [0.5, 0.6) is 0 Å². The molecule has 10 heteroatoms. The largest absolute Gasteiger partial charge is 0.472 e. The number of carbonyl (C=O) groups is 2. The summed E-state index contributed by atoms with van der Waals surface area (Å²) in [6.07, 6.45) is 79.6. The van der Waals surface area contributed by atoms with Gasteiger partial charge < -0.3 is 19.4 Å². The lowest BCUT2D eigenvalue weighted by molar-refractivity contribution is -0.870. The Balaban J connectivity index is 5.50. The van der Waals surface area contributed by atoms with Gasteiger partial charge in [0.05, 0.1) is 33.8 Å². The molecule has 76 heavy (non-hydrogen) atoms. The second kappa shape index (κ2) is 54.0. The van der Waals surface area contributed by atoms with Crippen molar-refractivity contribution in [2.45, 2.75) is 206 Å². The lowest BCUT2D eigenvalue weighted by Gasteiger charge is -2.27. The lowest BCUT2D eigenvalue weighted by atomic mass is 10.1. The Morgan fingerprint density at radius 1 is 0.487 bits per heavy atom. The molecule has 0 saturated heterocycles. The van der Waals surface area contributed by atoms with E-state index < -0.39 is 20.0 Å². The zero-order valence-electron chi connectivity index (χ0n) is 48.7. The third kappa shape index (κ3) is 54.4. The van der Waals surface area contributed by atoms with Gasteiger partial charge in [-0.3, -0.25) is 18.6 Å². The van der Waals surface area contributed by atoms with Crippen molar-refractivity contribution in [3.63, 3.8) is 0 Å². The Morgan fingerprint density at radius 2 is 0.908 bits per heavy atom. The van der Waals surface area contributed by atoms with E-state index in [1.54, 1.807) is 0 Å². The van der Waals surface area contributed by atoms with Crippen molar-refractivity contribution in [3.05, 3.63) is 158 Å². The number of unbranched alkanes of at least 4 members (excludes halogenated alkanes) is 15. The summed E-state index contributed by atoms with van der Waals surface area (Å²) in [4.78, 5) is 37.6. The van der Waals surface area contributed by atoms with Crippen LogP contribution in [0.2, 0.25) is 0 Å². The second-order valence-corrected chi connectivity index (χ2v) is 21.7. The number of allylic oxidation sites excluding steroid dienone is 25. The molecule has 0 radical (unpaired) electrons. The SMILES string of the molecule is CC\C=C/C=C/C=C/C=C\C=C\C=C\CCCCCC(=O)OC(/C=C\CCCCCCCCCCCC)C(COP(=O)(O)OCC[N+](C)(C)C)NC(=O)CCCC/C=C\C/C=C\C/C=C\C/C=C\C/C=C\C/C=C\CC. The van der Waals surface area contributed by atoms with Crippen LogP contribution in [0.15, 0.2) is 158 Å². The molecule has 3 atom stereocenters. The van der Waals surface area contributed by atoms with Crippen LogP contribution < -0.4 is 5.32 Å². The molecule has 0 spiro atoms. The number of hydrogen-bond acceptors (Lipinski definition) is 6. The van der Waals surface area contributed by atoms with Gasteiger partial charge in [-0.2, -0.15) is 0 Å². The highest BCUT2D eigenvalue weighted by atomic mass is 31.2. The van der Waals surface area contributed by atoms with Crippen LogP contribution in [0.4, 0.5) is 0 Å². The van der Waals surface area contributed by atoms with Crippen LogP contribution in [0.3, 0.4) is 0 Å². The second-order valence-electron chi connectivity index (χ2n) is 20.2. The summed E-state index contributed by atoms with van der Waals surface area (Å²) in [5.74, 6) is -0.624. The fraction of sp³-hybridized carbons (Fsp3) is 0.576. The van der Waals surface area contributed by atoms with Crippen molar-refractivity contribution in [1.29, 1.82) is 0 Å². The van der Waals surface area contributed by atoms with Gasteiger partial charge in [-0.05, 0) is 102 Å². The molecule has 2 N–H and O–H groups in total. The first kappa shape index (κ1) is 71.6. The van der Waals surface area contributed by atoms with Crippen LogP contribution in [-0.2, 0) is 27.9 Å². The van der Waals surface area contributed by atoms with Crippen molar-refractivity contribution in [2.75, 3.05) is 40.9 Å². The van der Waals surface area contributed by atoms with Gasteiger partial charge in [0.25, 0.3) is 0 Å². The van der Waals surface area contributed by atoms with Crippen molar-refractivity contribution in [3.8, 4) is 0 Å². The summed E-state index contributed by atoms with van der Waals surface area (Å²) in [5.41, 5.74) is 0. The minimum absolute atomic E-state index is 0.0138. The van der Waals surface area contributed by atoms with Crippen molar-refractivity contribution >= 4 is 19.7 Å². The number of phosphoric acid groups is 1. The predicted molar refractivity (Wildman–Crippen MR) is 327 cm³/mol. The zero-order valence-corrected chi connectivity index (χ0v) is 49.6. The molecule has 0 aliphatic carbocycles. The highest BCUT2D eigenvalue weighted by molar-refractivity contribution is 7.47. The van der Waals surface area contributed by atoms with Crippen LogP contribution in [0.25, 0.3) is 0 Å². The average Bonchev–Trinajstić information content (AvgIpc) is 3.38. The molecule has 0 aromatic carbocycles. The molecule has 0 aliphatic heterocycles. The van der Waals surface area contributed by atoms with E-state index in [9.17, 15) is 19.0 Å². The van der Waals surface area contributed by atoms with Gasteiger partial charge in [0, 0.05) is 12.8 Å². The maximum absolute atomic E-state index is 13.5. The van der Waals surface area contributed by atoms with Gasteiger partial charge in [-0.1, -0.05) is 237 Å². The van der Waals surface area contributed by atoms with Crippen LogP contribution in [0, 0.1) is 0 Å². The summed E-state index contributed by atoms with van der Waals surface area (Å²) < 4.78 is 30.6. The van der Waals surface area contributed by atoms with Crippen molar-refractivity contribution in [1.82, 2.24) is 5.32 Å². The van der Waals surface area contributed by atoms with Crippen molar-refractivity contribution in [2.24, 2.45) is 0 Å². The monoisotopic (exact) mass is 1070 g/mol. The molecule has 9 nitrogen and oxygen atoms in total. The number of quaternary nitrogens is 1. The lowest BCUT2D eigenvalue weighted by Crippen LogP contribution is -2.47. The van der Waals surface area contributed by atoms with E-state index in [0.29, 0.717) is 23.9 Å². The molecule has 0 aromatic rings. The quantitative estimate of drug-likeness (QED) is 0.0156. The standard InChI is InChI=1S/C66H107N2O7P/c1-7-10-13-16-19-22-25-28-30-32-33-34-35-37-38-40-43-46-49-52-55-58-65(69)67-63(62-74-76(71,72)73-61-60-68(4,5)6)64(57-54-51-48-45-42-27-24-21-18-15-12-9-3)75-66(70)59-56-53-50-47-44-41-39-36-31-29-26-23-20-17-14-11-8-2/h10-11,13-14,17,19-20,22-23,26,28-31,33-34,36-39,41,43-44,46,54,57,63-64H,7-9,12,15-16,18,21,24-25,27,32,35,40,42,45,47-53,55-56,58-62H2,1-6H3,(H-,67,69,71,72)/p+1/b13-10-,14-11-,20-17+,22-19-,26-23+,30-28-,31-29-,34-33-,38-37-,39-36+,44-41+,46-43-,57-54-. The number of ether oxygens (including phenoxy) is 1. The van der Waals surface area contributed by atoms with Gasteiger partial charge in [0.1, 0.15) is 19.3 Å². The number of likely N-dealkylation sites (N-methyl/N-ethyl adjacent to an activating group) is 1. The molecular formula is C66H108N2O7P+. The predicted octanol–water partition coefficient (Wildman–Crippen LogP) is 18.0. The van der Waals surface area contributed by atoms with E-state index in [4.69, 9.17) is 13.8 Å². The van der Waals surface area contributed by atoms with E-state index in [2.05, 4.69) is 111 Å². The summed E-state index contributed by atoms with van der Waals surface area (Å²) in [6.45, 7) is 6.65. The van der Waals surface area contributed by atoms with Crippen LogP contribution in [-0.4, -0.2) is 74.3 Å². The molecular weight excluding hydrogens is 964 g/mol. The minimum Gasteiger partial charge on any atom is -0.456 e. The fourth-order valence-electron chi connectivity index (χ4n) is 7.38. The number of carbonyl (C=O) groups excluding carboxylic acids is 2. The van der Waals surface area contributed by atoms with Gasteiger partial charge in [-0.15, -0.1) is 0 Å². The zero-order chi connectivity index (χ0) is 55.7. The topological polar surface area (TPSA) is 111 Å². The number of phosphoric ester groups is 1. The van der Waals surface area contributed by atoms with E-state index in [-0.39, 0.29) is 37.9 Å². The number of amides is 1. The third-order valence-electron chi connectivity index (χ3n) is 11.9. The number of hydrogen-bond donors (Lipinski definition) is 2. The number of nitrogens with one attached hydrogen (secondary N) is 1. The summed E-state index contributed by atoms with van der Waals surface area (Å²) >= 11 is 0. The minimum atomic E-state index is -4.48. The molecule has 428 valence electrons. The smallest absolute Gasteiger partial charge is 0.456 e. The van der Waals surface area contributed by atoms with Gasteiger partial charge in [0.15, 0.2) is 0 Å². The molecule has 0 heterocycles. The first-order chi connectivity index (χ1) is 36.9. The van der Waals surface area contributed by atoms with Gasteiger partial charge in [-0.25, -0.2) is 4.57 Å². The maximum Gasteiger partial charge on any atom is 0.472 e. The molecule has 1 amide bonds. The molecule has 0 fully saturated rings. The normalized spacial score (nSPS) is 14.9. The molecule has 0 bridgehead atoms. The first-order valence-electron chi connectivity index (χ1n) is 29.4. The first-order valence-corrected chi connectivity index (χ1v) is 30.9. The van der Waals surface area contributed by atoms with E-state index >= 15 is 0 Å². The van der Waals surface area contributed by atoms with Crippen molar-refractivity contribution < 1.29 is 37.3 Å². The van der Waals surface area contributed by atoms with Gasteiger partial charge >= 0.3 is 13.8 Å². The Morgan fingerprint density at radius 3 is 1.43 bits per heavy atom. The molecule has 0 rings (SSSR count). The maximum atomic E-state index is 13.5. The number of rotatable bonds is 50. The fourth-order valence-corrected chi connectivity index (χ4v) is 8.12. The van der Waals surface area contributed by atoms with Gasteiger partial charge in [0.2, 0.25) is 5.91 Å². The highest BCUT2D eigenvalue weighted by Gasteiger charge is 2.30. The van der Waals surface area contributed by atoms with Crippen LogP contribution in [0.1, 0.15) is 194 Å². The average molecular weight is 1070 g/mol. The Bertz CT molecular complexity index is 1860. The van der Waals surface area contributed by atoms with Crippen LogP contribution >= 0.6 is 7.82 Å². The molecule has 3 unspecified atom stereocenters. The third-order valence-corrected chi connectivity index (χ3v) is 12.9. The summed E-state index contributed by atoms with van der Waals surface area (Å²) in [7, 11) is 1.41. The molecule has 0 aromatic heterocycles. The molecule has 0 saturated carbocycles. The Hall–Kier alpha value is -4.37. The number of esters is 1. The number of nitrogens with zero attached hydrogens (tertiary/aromatic N) is 1. The summed E-state index contributed by atoms with van der Waals surface area (Å²) in [5, 5.41) is 3.01. The summed E-state index contributed by atoms with van der Waals surface area (Å²) in [6, 6.07) is -0.903. The van der Waals surface area contributed by atoms with E-state index in [0.717, 1.165) is 96.3 Å². The molecule has 0 aliphatic rings. The Kier molecular flexibility index (Phi) is 50.9. The highest BCUT2D eigenvalue weighted by Crippen LogP contribution is 2.43. The van der Waals surface area contributed by atoms with E-state index in [1.807, 2.05) is 94.1 Å².